The summed E-state index contributed by atoms with van der Waals surface area (Å²) in [5.74, 6) is -4.10. The van der Waals surface area contributed by atoms with Gasteiger partial charge in [-0.1, -0.05) is 25.3 Å². The van der Waals surface area contributed by atoms with Crippen LogP contribution in [0.4, 0.5) is 0 Å². The first-order valence-electron chi connectivity index (χ1n) is 8.67. The van der Waals surface area contributed by atoms with Crippen LogP contribution in [0.15, 0.2) is 36.5 Å². The average molecular weight is 380 g/mol. The van der Waals surface area contributed by atoms with Crippen molar-refractivity contribution in [3.05, 3.63) is 36.5 Å². The summed E-state index contributed by atoms with van der Waals surface area (Å²) in [5.41, 5.74) is -1.48. The molecule has 8 nitrogen and oxygen atoms in total. The van der Waals surface area contributed by atoms with Crippen LogP contribution < -0.4 is 0 Å². The van der Waals surface area contributed by atoms with Crippen molar-refractivity contribution in [1.82, 2.24) is 0 Å². The molecule has 3 rings (SSSR count). The van der Waals surface area contributed by atoms with Crippen LogP contribution in [0.1, 0.15) is 13.3 Å². The minimum absolute atomic E-state index is 0.0594. The molecule has 3 fully saturated rings. The van der Waals surface area contributed by atoms with Crippen LogP contribution in [-0.2, 0) is 19.1 Å². The van der Waals surface area contributed by atoms with Crippen molar-refractivity contribution >= 4 is 11.9 Å². The van der Waals surface area contributed by atoms with E-state index in [0.29, 0.717) is 5.57 Å². The number of aliphatic hydroxyl groups is 4. The molecule has 27 heavy (non-hydrogen) atoms. The van der Waals surface area contributed by atoms with Crippen LogP contribution in [0.3, 0.4) is 0 Å². The second-order valence-electron chi connectivity index (χ2n) is 7.64. The van der Waals surface area contributed by atoms with E-state index in [4.69, 9.17) is 9.47 Å². The van der Waals surface area contributed by atoms with Gasteiger partial charge in [0, 0.05) is 29.4 Å². The Hall–Kier alpha value is -2.00. The SMILES string of the molecule is C=C(C)C(=O)O[C@H]1CC(=C)[C@@H]2[C@@H](O)[C@H](O)[C@](O)(CO)[C@@H]2[C@@H]2OC(=O)C(=C)[C@@H]21. The fraction of sp³-hybridized carbons (Fsp3) is 0.579. The van der Waals surface area contributed by atoms with Gasteiger partial charge in [-0.2, -0.15) is 0 Å². The highest BCUT2D eigenvalue weighted by Crippen LogP contribution is 2.54. The Morgan fingerprint density at radius 2 is 1.96 bits per heavy atom. The predicted octanol–water partition coefficient (Wildman–Crippen LogP) is -0.777. The summed E-state index contributed by atoms with van der Waals surface area (Å²) in [6.07, 6.45) is -4.94. The van der Waals surface area contributed by atoms with E-state index >= 15 is 0 Å². The van der Waals surface area contributed by atoms with Crippen molar-refractivity contribution < 1.29 is 39.5 Å². The Morgan fingerprint density at radius 3 is 2.52 bits per heavy atom. The Kier molecular flexibility index (Phi) is 4.80. The highest BCUT2D eigenvalue weighted by molar-refractivity contribution is 5.91. The summed E-state index contributed by atoms with van der Waals surface area (Å²) < 4.78 is 10.9. The first kappa shape index (κ1) is 19.8. The third kappa shape index (κ3) is 2.75. The van der Waals surface area contributed by atoms with Crippen molar-refractivity contribution in [1.29, 1.82) is 0 Å². The van der Waals surface area contributed by atoms with Crippen molar-refractivity contribution in [2.75, 3.05) is 6.61 Å². The number of fused-ring (bicyclic) bond motifs is 3. The highest BCUT2D eigenvalue weighted by atomic mass is 16.6. The normalized spacial score (nSPS) is 43.6. The summed E-state index contributed by atoms with van der Waals surface area (Å²) in [5, 5.41) is 41.5. The van der Waals surface area contributed by atoms with E-state index in [9.17, 15) is 30.0 Å². The van der Waals surface area contributed by atoms with Crippen LogP contribution in [-0.4, -0.2) is 69.0 Å². The average Bonchev–Trinajstić information content (AvgIpc) is 2.95. The van der Waals surface area contributed by atoms with Crippen LogP contribution in [0.2, 0.25) is 0 Å². The van der Waals surface area contributed by atoms with Crippen molar-refractivity contribution in [2.45, 2.75) is 43.4 Å². The fourth-order valence-corrected chi connectivity index (χ4v) is 4.61. The van der Waals surface area contributed by atoms with Gasteiger partial charge in [-0.3, -0.25) is 0 Å². The van der Waals surface area contributed by atoms with E-state index in [2.05, 4.69) is 19.7 Å². The molecular formula is C19H24O8. The topological polar surface area (TPSA) is 134 Å². The van der Waals surface area contributed by atoms with Gasteiger partial charge in [-0.15, -0.1) is 0 Å². The van der Waals surface area contributed by atoms with Gasteiger partial charge in [-0.25, -0.2) is 9.59 Å². The molecule has 2 saturated carbocycles. The van der Waals surface area contributed by atoms with E-state index in [1.807, 2.05) is 0 Å². The van der Waals surface area contributed by atoms with E-state index < -0.39 is 66.3 Å². The van der Waals surface area contributed by atoms with E-state index in [1.54, 1.807) is 0 Å². The summed E-state index contributed by atoms with van der Waals surface area (Å²) in [7, 11) is 0. The number of carbonyl (C=O) groups is 2. The quantitative estimate of drug-likeness (QED) is 0.285. The molecule has 148 valence electrons. The maximum atomic E-state index is 12.2. The summed E-state index contributed by atoms with van der Waals surface area (Å²) in [6.45, 7) is 11.8. The minimum atomic E-state index is -2.12. The molecule has 1 heterocycles. The molecule has 0 unspecified atom stereocenters. The third-order valence-electron chi connectivity index (χ3n) is 5.98. The number of aliphatic hydroxyl groups excluding tert-OH is 3. The van der Waals surface area contributed by atoms with Gasteiger partial charge in [-0.05, 0) is 6.92 Å². The molecule has 1 aliphatic heterocycles. The smallest absolute Gasteiger partial charge is 0.334 e. The van der Waals surface area contributed by atoms with Gasteiger partial charge in [0.25, 0.3) is 0 Å². The largest absolute Gasteiger partial charge is 0.458 e. The van der Waals surface area contributed by atoms with Crippen LogP contribution in [0.5, 0.6) is 0 Å². The Morgan fingerprint density at radius 1 is 1.33 bits per heavy atom. The van der Waals surface area contributed by atoms with Crippen LogP contribution >= 0.6 is 0 Å². The van der Waals surface area contributed by atoms with Crippen molar-refractivity contribution in [3.63, 3.8) is 0 Å². The molecule has 8 atom stereocenters. The van der Waals surface area contributed by atoms with Crippen LogP contribution in [0.25, 0.3) is 0 Å². The number of rotatable bonds is 3. The second kappa shape index (κ2) is 6.56. The lowest BCUT2D eigenvalue weighted by Crippen LogP contribution is -2.53. The number of carbonyl (C=O) groups excluding carboxylic acids is 2. The molecule has 4 N–H and O–H groups in total. The van der Waals surface area contributed by atoms with Gasteiger partial charge >= 0.3 is 11.9 Å². The lowest BCUT2D eigenvalue weighted by atomic mass is 9.76. The maximum absolute atomic E-state index is 12.2. The second-order valence-corrected chi connectivity index (χ2v) is 7.64. The van der Waals surface area contributed by atoms with E-state index in [-0.39, 0.29) is 17.6 Å². The molecule has 0 spiro atoms. The Balaban J connectivity index is 2.09. The summed E-state index contributed by atoms with van der Waals surface area (Å²) in [6, 6.07) is 0. The molecule has 3 aliphatic rings. The Labute approximate surface area is 156 Å². The van der Waals surface area contributed by atoms with Gasteiger partial charge in [0.05, 0.1) is 18.6 Å². The van der Waals surface area contributed by atoms with Gasteiger partial charge in [0.15, 0.2) is 0 Å². The minimum Gasteiger partial charge on any atom is -0.458 e. The molecule has 8 heteroatoms. The molecule has 0 aromatic heterocycles. The molecule has 0 radical (unpaired) electrons. The monoisotopic (exact) mass is 380 g/mol. The molecule has 2 aliphatic carbocycles. The first-order chi connectivity index (χ1) is 12.5. The highest BCUT2D eigenvalue weighted by Gasteiger charge is 2.67. The lowest BCUT2D eigenvalue weighted by molar-refractivity contribution is -0.167. The van der Waals surface area contributed by atoms with Crippen LogP contribution in [0, 0.1) is 17.8 Å². The first-order valence-corrected chi connectivity index (χ1v) is 8.67. The van der Waals surface area contributed by atoms with Crippen molar-refractivity contribution in [3.8, 4) is 0 Å². The predicted molar refractivity (Wildman–Crippen MR) is 92.0 cm³/mol. The van der Waals surface area contributed by atoms with E-state index in [0.717, 1.165) is 0 Å². The van der Waals surface area contributed by atoms with Gasteiger partial charge in [0.2, 0.25) is 0 Å². The fourth-order valence-electron chi connectivity index (χ4n) is 4.61. The van der Waals surface area contributed by atoms with E-state index in [1.165, 1.54) is 6.92 Å². The summed E-state index contributed by atoms with van der Waals surface area (Å²) >= 11 is 0. The Bertz CT molecular complexity index is 727. The zero-order chi connectivity index (χ0) is 20.3. The molecule has 1 saturated heterocycles. The summed E-state index contributed by atoms with van der Waals surface area (Å²) in [4.78, 5) is 24.2. The third-order valence-corrected chi connectivity index (χ3v) is 5.98. The number of ether oxygens (including phenoxy) is 2. The maximum Gasteiger partial charge on any atom is 0.334 e. The molecular weight excluding hydrogens is 356 g/mol. The molecule has 0 amide bonds. The molecule has 0 bridgehead atoms. The molecule has 0 aromatic carbocycles. The number of hydrogen-bond donors (Lipinski definition) is 4. The number of hydrogen-bond acceptors (Lipinski definition) is 8. The zero-order valence-electron chi connectivity index (χ0n) is 15.0. The lowest BCUT2D eigenvalue weighted by Gasteiger charge is -2.36. The number of esters is 2. The van der Waals surface area contributed by atoms with Crippen molar-refractivity contribution in [2.24, 2.45) is 17.8 Å². The zero-order valence-corrected chi connectivity index (χ0v) is 15.0. The van der Waals surface area contributed by atoms with Gasteiger partial charge in [0.1, 0.15) is 23.9 Å². The van der Waals surface area contributed by atoms with Gasteiger partial charge < -0.3 is 29.9 Å². The standard InChI is InChI=1S/C19H24O8/c1-7(2)17(23)26-10-5-8(3)11-13(15-12(10)9(4)18(24)27-15)19(25,6-20)16(22)14(11)21/h10-16,20-22,25H,1,3-6H2,2H3/t10-,11-,12+,13-,14+,15+,16-,19-/m0/s1. The molecule has 0 aromatic rings.